The molecule has 0 amide bonds. The van der Waals surface area contributed by atoms with Crippen molar-refractivity contribution in [1.29, 1.82) is 0 Å². The topological polar surface area (TPSA) is 17.0 Å². The van der Waals surface area contributed by atoms with E-state index in [9.17, 15) is 0 Å². The molecule has 94 valence electrons. The van der Waals surface area contributed by atoms with E-state index in [1.165, 1.54) is 22.2 Å². The van der Waals surface area contributed by atoms with Crippen LogP contribution in [0.2, 0.25) is 0 Å². The molecule has 1 unspecified atom stereocenters. The van der Waals surface area contributed by atoms with E-state index in [-0.39, 0.29) is 6.04 Å². The Bertz CT molecular complexity index is 548. The van der Waals surface area contributed by atoms with E-state index in [2.05, 4.69) is 61.0 Å². The van der Waals surface area contributed by atoms with Crippen molar-refractivity contribution >= 4 is 10.9 Å². The zero-order valence-corrected chi connectivity index (χ0v) is 11.3. The summed E-state index contributed by atoms with van der Waals surface area (Å²) in [6.07, 6.45) is 6.44. The summed E-state index contributed by atoms with van der Waals surface area (Å²) in [4.78, 5) is 0. The van der Waals surface area contributed by atoms with Crippen molar-refractivity contribution < 1.29 is 0 Å². The molecule has 2 nitrogen and oxygen atoms in total. The van der Waals surface area contributed by atoms with Gasteiger partial charge in [0.1, 0.15) is 0 Å². The third-order valence-corrected chi connectivity index (χ3v) is 3.63. The molecule has 0 aliphatic heterocycles. The predicted octanol–water partition coefficient (Wildman–Crippen LogP) is 2.99. The third kappa shape index (κ3) is 2.14. The third-order valence-electron chi connectivity index (χ3n) is 3.63. The van der Waals surface area contributed by atoms with Gasteiger partial charge < -0.3 is 4.57 Å². The van der Waals surface area contributed by atoms with Gasteiger partial charge in [0.2, 0.25) is 0 Å². The smallest absolute Gasteiger partial charge is 0.0687 e. The highest BCUT2D eigenvalue weighted by Gasteiger charge is 2.11. The van der Waals surface area contributed by atoms with Crippen LogP contribution in [0.4, 0.5) is 0 Å². The normalized spacial score (nSPS) is 12.6. The Balaban J connectivity index is 2.31. The van der Waals surface area contributed by atoms with Gasteiger partial charge >= 0.3 is 0 Å². The predicted molar refractivity (Wildman–Crippen MR) is 77.4 cm³/mol. The Morgan fingerprint density at radius 3 is 2.72 bits per heavy atom. The molecule has 2 rings (SSSR count). The molecule has 2 heteroatoms. The van der Waals surface area contributed by atoms with Crippen LogP contribution in [0.1, 0.15) is 24.6 Å². The quantitative estimate of drug-likeness (QED) is 0.813. The number of benzene rings is 1. The lowest BCUT2D eigenvalue weighted by atomic mass is 10.1. The van der Waals surface area contributed by atoms with Gasteiger partial charge in [-0.25, -0.2) is 0 Å². The van der Waals surface area contributed by atoms with E-state index in [1.807, 2.05) is 0 Å². The lowest BCUT2D eigenvalue weighted by Crippen LogP contribution is -2.27. The number of hydrogen-bond acceptors (Lipinski definition) is 1. The van der Waals surface area contributed by atoms with Crippen LogP contribution in [0.25, 0.3) is 10.9 Å². The first kappa shape index (κ1) is 12.7. The summed E-state index contributed by atoms with van der Waals surface area (Å²) in [5, 5.41) is 4.75. The molecule has 0 bridgehead atoms. The van der Waals surface area contributed by atoms with Gasteiger partial charge in [0, 0.05) is 30.2 Å². The number of fused-ring (bicyclic) bond motifs is 1. The molecule has 0 fully saturated rings. The maximum absolute atomic E-state index is 5.48. The summed E-state index contributed by atoms with van der Waals surface area (Å²) < 4.78 is 2.25. The average Bonchev–Trinajstić information content (AvgIpc) is 2.65. The van der Waals surface area contributed by atoms with Gasteiger partial charge in [-0.1, -0.05) is 31.0 Å². The number of aromatic nitrogens is 1. The van der Waals surface area contributed by atoms with Crippen LogP contribution >= 0.6 is 0 Å². The van der Waals surface area contributed by atoms with Crippen LogP contribution in [-0.2, 0) is 13.6 Å². The van der Waals surface area contributed by atoms with Crippen LogP contribution in [0.3, 0.4) is 0 Å². The summed E-state index contributed by atoms with van der Waals surface area (Å²) >= 11 is 0. The molecule has 0 saturated heterocycles. The van der Waals surface area contributed by atoms with Crippen molar-refractivity contribution in [2.45, 2.75) is 32.9 Å². The van der Waals surface area contributed by atoms with Crippen LogP contribution in [0.5, 0.6) is 0 Å². The molecule has 2 aromatic rings. The molecule has 1 heterocycles. The lowest BCUT2D eigenvalue weighted by Gasteiger charge is -2.12. The molecular formula is C16H20N2. The molecular weight excluding hydrogens is 220 g/mol. The number of nitrogens with zero attached hydrogens (tertiary/aromatic N) is 1. The van der Waals surface area contributed by atoms with Gasteiger partial charge in [0.15, 0.2) is 0 Å². The number of para-hydroxylation sites is 1. The van der Waals surface area contributed by atoms with Crippen molar-refractivity contribution in [3.63, 3.8) is 0 Å². The Hall–Kier alpha value is -1.72. The van der Waals surface area contributed by atoms with Gasteiger partial charge in [0.25, 0.3) is 0 Å². The van der Waals surface area contributed by atoms with Gasteiger partial charge in [0.05, 0.1) is 6.04 Å². The summed E-state index contributed by atoms with van der Waals surface area (Å²) in [7, 11) is 2.11. The molecule has 0 aliphatic rings. The van der Waals surface area contributed by atoms with Crippen LogP contribution in [0, 0.1) is 19.3 Å². The number of nitrogens with one attached hydrogen (secondary N) is 1. The standard InChI is InChI=1S/C16H20N2/c1-5-13(6-2)17-11-16-12(3)14-9-7-8-10-15(14)18(16)4/h1,7-10,13,17H,6,11H2,2-4H3. The Labute approximate surface area is 109 Å². The highest BCUT2D eigenvalue weighted by molar-refractivity contribution is 5.85. The fourth-order valence-electron chi connectivity index (χ4n) is 2.43. The largest absolute Gasteiger partial charge is 0.346 e. The van der Waals surface area contributed by atoms with E-state index in [1.54, 1.807) is 0 Å². The second kappa shape index (κ2) is 5.29. The first-order valence-corrected chi connectivity index (χ1v) is 6.41. The number of rotatable bonds is 4. The van der Waals surface area contributed by atoms with Gasteiger partial charge in [-0.3, -0.25) is 5.32 Å². The second-order valence-corrected chi connectivity index (χ2v) is 4.66. The van der Waals surface area contributed by atoms with Crippen molar-refractivity contribution in [3.05, 3.63) is 35.5 Å². The molecule has 1 N–H and O–H groups in total. The first-order chi connectivity index (χ1) is 8.69. The maximum atomic E-state index is 5.48. The van der Waals surface area contributed by atoms with Crippen molar-refractivity contribution in [1.82, 2.24) is 9.88 Å². The Kier molecular flexibility index (Phi) is 3.74. The fourth-order valence-corrected chi connectivity index (χ4v) is 2.43. The van der Waals surface area contributed by atoms with E-state index in [0.717, 1.165) is 13.0 Å². The maximum Gasteiger partial charge on any atom is 0.0687 e. The minimum absolute atomic E-state index is 0.155. The minimum Gasteiger partial charge on any atom is -0.346 e. The molecule has 1 atom stereocenters. The van der Waals surface area contributed by atoms with E-state index in [0.29, 0.717) is 0 Å². The van der Waals surface area contributed by atoms with Crippen LogP contribution in [-0.4, -0.2) is 10.6 Å². The van der Waals surface area contributed by atoms with E-state index < -0.39 is 0 Å². The lowest BCUT2D eigenvalue weighted by molar-refractivity contribution is 0.575. The first-order valence-electron chi connectivity index (χ1n) is 6.41. The molecule has 0 saturated carbocycles. The number of aryl methyl sites for hydroxylation is 2. The summed E-state index contributed by atoms with van der Waals surface area (Å²) in [5.74, 6) is 2.77. The molecule has 1 aromatic heterocycles. The highest BCUT2D eigenvalue weighted by Crippen LogP contribution is 2.24. The monoisotopic (exact) mass is 240 g/mol. The molecule has 18 heavy (non-hydrogen) atoms. The molecule has 0 radical (unpaired) electrons. The zero-order valence-electron chi connectivity index (χ0n) is 11.3. The van der Waals surface area contributed by atoms with Crippen molar-refractivity contribution in [2.75, 3.05) is 0 Å². The fraction of sp³-hybridized carbons (Fsp3) is 0.375. The summed E-state index contributed by atoms with van der Waals surface area (Å²) in [6, 6.07) is 8.65. The molecule has 1 aromatic carbocycles. The Morgan fingerprint density at radius 1 is 1.39 bits per heavy atom. The number of hydrogen-bond donors (Lipinski definition) is 1. The highest BCUT2D eigenvalue weighted by atomic mass is 15.0. The van der Waals surface area contributed by atoms with E-state index in [4.69, 9.17) is 6.42 Å². The van der Waals surface area contributed by atoms with Crippen molar-refractivity contribution in [3.8, 4) is 12.3 Å². The Morgan fingerprint density at radius 2 is 2.11 bits per heavy atom. The van der Waals surface area contributed by atoms with Gasteiger partial charge in [-0.05, 0) is 25.0 Å². The zero-order chi connectivity index (χ0) is 13.1. The van der Waals surface area contributed by atoms with Gasteiger partial charge in [-0.2, -0.15) is 0 Å². The number of terminal acetylenes is 1. The van der Waals surface area contributed by atoms with Crippen LogP contribution < -0.4 is 5.32 Å². The van der Waals surface area contributed by atoms with Crippen LogP contribution in [0.15, 0.2) is 24.3 Å². The van der Waals surface area contributed by atoms with E-state index >= 15 is 0 Å². The van der Waals surface area contributed by atoms with Crippen molar-refractivity contribution in [2.24, 2.45) is 7.05 Å². The summed E-state index contributed by atoms with van der Waals surface area (Å²) in [5.41, 5.74) is 3.93. The summed E-state index contributed by atoms with van der Waals surface area (Å²) in [6.45, 7) is 5.10. The second-order valence-electron chi connectivity index (χ2n) is 4.66. The molecule has 0 aliphatic carbocycles. The minimum atomic E-state index is 0.155. The SMILES string of the molecule is C#CC(CC)NCc1c(C)c2ccccc2n1C. The average molecular weight is 240 g/mol. The van der Waals surface area contributed by atoms with Gasteiger partial charge in [-0.15, -0.1) is 6.42 Å². The molecule has 0 spiro atoms.